The van der Waals surface area contributed by atoms with Gasteiger partial charge in [0.05, 0.1) is 29.3 Å². The molecule has 0 bridgehead atoms. The normalized spacial score (nSPS) is 14.7. The number of halogens is 1. The molecule has 9 heteroatoms. The number of carbonyl (C=O) groups excluding carboxylic acids is 1. The first-order valence-corrected chi connectivity index (χ1v) is 11.7. The number of aromatic nitrogens is 3. The van der Waals surface area contributed by atoms with E-state index in [1.807, 2.05) is 56.3 Å². The van der Waals surface area contributed by atoms with Crippen molar-refractivity contribution in [2.24, 2.45) is 0 Å². The van der Waals surface area contributed by atoms with Gasteiger partial charge in [0.15, 0.2) is 0 Å². The van der Waals surface area contributed by atoms with Crippen molar-refractivity contribution in [1.82, 2.24) is 10.1 Å². The van der Waals surface area contributed by atoms with Gasteiger partial charge in [0.1, 0.15) is 5.75 Å². The maximum absolute atomic E-state index is 13.1. The van der Waals surface area contributed by atoms with E-state index in [-0.39, 0.29) is 11.8 Å². The largest absolute Gasteiger partial charge is 0.854 e. The van der Waals surface area contributed by atoms with Crippen molar-refractivity contribution < 1.29 is 19.3 Å². The highest BCUT2D eigenvalue weighted by molar-refractivity contribution is 9.10. The van der Waals surface area contributed by atoms with Gasteiger partial charge in [-0.05, 0) is 43.0 Å². The lowest BCUT2D eigenvalue weighted by molar-refractivity contribution is -0.764. The fourth-order valence-corrected chi connectivity index (χ4v) is 4.72. The fraction of sp³-hybridized carbons (Fsp3) is 0.273. The van der Waals surface area contributed by atoms with Crippen molar-refractivity contribution >= 4 is 39.3 Å². The van der Waals surface area contributed by atoms with Gasteiger partial charge in [-0.15, -0.1) is 0 Å². The lowest BCUT2D eigenvalue weighted by Gasteiger charge is -2.33. The molecule has 4 rings (SSSR count). The number of hydrogen-bond donors (Lipinski definition) is 0. The van der Waals surface area contributed by atoms with Crippen LogP contribution in [0.4, 0.5) is 5.69 Å². The second-order valence-corrected chi connectivity index (χ2v) is 8.91. The Hall–Kier alpha value is -2.65. The van der Waals surface area contributed by atoms with Crippen LogP contribution in [0.15, 0.2) is 52.1 Å². The quantitative estimate of drug-likeness (QED) is 0.392. The molecule has 1 atom stereocenters. The first-order valence-electron chi connectivity index (χ1n) is 9.91. The number of amides is 1. The Kier molecular flexibility index (Phi) is 6.15. The number of nitrogens with zero attached hydrogens (tertiary/aromatic N) is 4. The van der Waals surface area contributed by atoms with Gasteiger partial charge < -0.3 is 9.84 Å². The number of hydrogen-bond acceptors (Lipinski definition) is 6. The average molecular weight is 501 g/mol. The van der Waals surface area contributed by atoms with Gasteiger partial charge in [-0.2, -0.15) is 0 Å². The Bertz CT molecular complexity index is 1160. The Morgan fingerprint density at radius 2 is 2.06 bits per heavy atom. The number of fused-ring (bicyclic) bond motifs is 3. The summed E-state index contributed by atoms with van der Waals surface area (Å²) in [5, 5.41) is 18.2. The molecule has 2 aromatic carbocycles. The molecule has 1 amide bonds. The maximum Gasteiger partial charge on any atom is 0.294 e. The van der Waals surface area contributed by atoms with Crippen LogP contribution in [0.25, 0.3) is 11.3 Å². The number of benzene rings is 2. The Morgan fingerprint density at radius 1 is 1.29 bits per heavy atom. The molecular weight excluding hydrogens is 480 g/mol. The van der Waals surface area contributed by atoms with Crippen LogP contribution < -0.4 is 19.4 Å². The van der Waals surface area contributed by atoms with E-state index in [1.54, 1.807) is 9.58 Å². The molecule has 2 heterocycles. The second-order valence-electron chi connectivity index (χ2n) is 6.82. The molecule has 3 aromatic rings. The number of rotatable bonds is 5. The first-order chi connectivity index (χ1) is 15.0. The highest BCUT2D eigenvalue weighted by Gasteiger charge is 2.44. The monoisotopic (exact) mass is 500 g/mol. The van der Waals surface area contributed by atoms with Gasteiger partial charge in [-0.3, -0.25) is 4.79 Å². The van der Waals surface area contributed by atoms with E-state index >= 15 is 0 Å². The zero-order chi connectivity index (χ0) is 22.1. The molecule has 0 N–H and O–H groups in total. The fourth-order valence-electron chi connectivity index (χ4n) is 3.72. The Morgan fingerprint density at radius 3 is 2.77 bits per heavy atom. The predicted molar refractivity (Wildman–Crippen MR) is 120 cm³/mol. The summed E-state index contributed by atoms with van der Waals surface area (Å²) < 4.78 is 8.10. The van der Waals surface area contributed by atoms with Crippen molar-refractivity contribution in [2.45, 2.75) is 32.1 Å². The van der Waals surface area contributed by atoms with E-state index in [0.29, 0.717) is 34.5 Å². The molecule has 1 aromatic heterocycles. The van der Waals surface area contributed by atoms with Crippen molar-refractivity contribution in [1.29, 1.82) is 0 Å². The highest BCUT2D eigenvalue weighted by Crippen LogP contribution is 2.42. The minimum Gasteiger partial charge on any atom is -0.854 e. The summed E-state index contributed by atoms with van der Waals surface area (Å²) in [6, 6.07) is 12.9. The second kappa shape index (κ2) is 8.84. The number of para-hydroxylation sites is 1. The van der Waals surface area contributed by atoms with Crippen molar-refractivity contribution in [3.05, 3.63) is 52.5 Å². The Balaban J connectivity index is 2.05. The zero-order valence-electron chi connectivity index (χ0n) is 17.3. The molecule has 0 saturated heterocycles. The third-order valence-electron chi connectivity index (χ3n) is 4.89. The summed E-state index contributed by atoms with van der Waals surface area (Å²) >= 11 is 5.00. The molecule has 1 unspecified atom stereocenters. The third-order valence-corrected chi connectivity index (χ3v) is 6.33. The lowest BCUT2D eigenvalue weighted by Crippen LogP contribution is -2.58. The lowest BCUT2D eigenvalue weighted by atomic mass is 10.0. The van der Waals surface area contributed by atoms with Crippen LogP contribution in [0.1, 0.15) is 32.5 Å². The van der Waals surface area contributed by atoms with Crippen LogP contribution in [0.5, 0.6) is 11.6 Å². The molecule has 0 spiro atoms. The molecule has 0 radical (unpaired) electrons. The van der Waals surface area contributed by atoms with Gasteiger partial charge in [-0.1, -0.05) is 51.4 Å². The van der Waals surface area contributed by atoms with E-state index in [0.717, 1.165) is 15.8 Å². The summed E-state index contributed by atoms with van der Waals surface area (Å²) in [7, 11) is 0. The molecule has 1 aliphatic rings. The van der Waals surface area contributed by atoms with E-state index in [1.165, 1.54) is 18.7 Å². The first kappa shape index (κ1) is 21.6. The molecule has 31 heavy (non-hydrogen) atoms. The van der Waals surface area contributed by atoms with Crippen LogP contribution in [0, 0.1) is 0 Å². The molecular formula is C22H21BrN4O3S. The molecule has 0 fully saturated rings. The van der Waals surface area contributed by atoms with Gasteiger partial charge in [0.2, 0.25) is 5.91 Å². The van der Waals surface area contributed by atoms with Crippen LogP contribution in [0.3, 0.4) is 0 Å². The summed E-state index contributed by atoms with van der Waals surface area (Å²) in [6.07, 6.45) is -0.677. The van der Waals surface area contributed by atoms with Crippen LogP contribution >= 0.6 is 27.7 Å². The van der Waals surface area contributed by atoms with Gasteiger partial charge >= 0.3 is 0 Å². The van der Waals surface area contributed by atoms with Gasteiger partial charge in [-0.25, -0.2) is 9.88 Å². The summed E-state index contributed by atoms with van der Waals surface area (Å²) in [4.78, 5) is 18.7. The van der Waals surface area contributed by atoms with E-state index in [4.69, 9.17) is 4.74 Å². The molecule has 160 valence electrons. The van der Waals surface area contributed by atoms with E-state index in [2.05, 4.69) is 26.0 Å². The van der Waals surface area contributed by atoms with Gasteiger partial charge in [0, 0.05) is 16.5 Å². The van der Waals surface area contributed by atoms with Crippen LogP contribution in [0.2, 0.25) is 0 Å². The van der Waals surface area contributed by atoms with Gasteiger partial charge in [0.25, 0.3) is 17.0 Å². The minimum absolute atomic E-state index is 0.167. The SMILES string of the molecule is CCOc1ccc(Br)c(C2N(C(C)=O)c3ccccc3-c3c([O-])nc(SCC)n[n+]32)c1. The molecule has 1 aliphatic heterocycles. The van der Waals surface area contributed by atoms with Crippen LogP contribution in [-0.4, -0.2) is 28.3 Å². The standard InChI is InChI=1S/C22H21BrN4O3S/c1-4-30-14-10-11-17(23)16(12-14)21-26(13(3)28)18-9-7-6-8-15(18)19-20(29)24-22(31-5-2)25-27(19)21/h6-12,21H,4-5H2,1-3H3. The number of anilines is 1. The number of ether oxygens (including phenoxy) is 1. The average Bonchev–Trinajstić information content (AvgIpc) is 2.74. The van der Waals surface area contributed by atoms with E-state index < -0.39 is 6.17 Å². The molecule has 0 saturated carbocycles. The maximum atomic E-state index is 13.1. The van der Waals surface area contributed by atoms with Crippen molar-refractivity contribution in [3.8, 4) is 22.9 Å². The molecule has 7 nitrogen and oxygen atoms in total. The third kappa shape index (κ3) is 3.87. The smallest absolute Gasteiger partial charge is 0.294 e. The predicted octanol–water partition coefficient (Wildman–Crippen LogP) is 3.69. The summed E-state index contributed by atoms with van der Waals surface area (Å²) in [6.45, 7) is 5.91. The summed E-state index contributed by atoms with van der Waals surface area (Å²) in [5.41, 5.74) is 2.38. The zero-order valence-corrected chi connectivity index (χ0v) is 19.7. The minimum atomic E-state index is -0.677. The summed E-state index contributed by atoms with van der Waals surface area (Å²) in [5.74, 6) is 0.855. The Labute approximate surface area is 193 Å². The number of carbonyl (C=O) groups is 1. The van der Waals surface area contributed by atoms with E-state index in [9.17, 15) is 9.90 Å². The van der Waals surface area contributed by atoms with Crippen molar-refractivity contribution in [2.75, 3.05) is 17.3 Å². The highest BCUT2D eigenvalue weighted by atomic mass is 79.9. The van der Waals surface area contributed by atoms with Crippen LogP contribution in [-0.2, 0) is 4.79 Å². The molecule has 0 aliphatic carbocycles. The van der Waals surface area contributed by atoms with Crippen molar-refractivity contribution in [3.63, 3.8) is 0 Å². The topological polar surface area (TPSA) is 82.3 Å². The number of thioether (sulfide) groups is 1.